The van der Waals surface area contributed by atoms with Crippen molar-refractivity contribution in [2.45, 2.75) is 161 Å². The summed E-state index contributed by atoms with van der Waals surface area (Å²) in [4.78, 5) is 11.8. The Labute approximate surface area is 188 Å². The average molecular weight is 424 g/mol. The smallest absolute Gasteiger partial charge is 0.407 e. The molecule has 1 heterocycles. The molecule has 0 radical (unpaired) electrons. The predicted molar refractivity (Wildman–Crippen MR) is 130 cm³/mol. The first kappa shape index (κ1) is 27.3. The Bertz CT molecular complexity index is 398. The molecule has 0 spiro atoms. The number of carbonyl (C=O) groups excluding carboxylic acids is 1. The number of unbranched alkanes of at least 4 members (excludes halogenated alkanes) is 16. The molecule has 1 amide bonds. The zero-order chi connectivity index (χ0) is 21.9. The lowest BCUT2D eigenvalue weighted by atomic mass is 9.89. The highest BCUT2D eigenvalue weighted by Crippen LogP contribution is 2.25. The van der Waals surface area contributed by atoms with Gasteiger partial charge in [-0.25, -0.2) is 4.79 Å². The molecule has 3 nitrogen and oxygen atoms in total. The number of hydrogen-bond donors (Lipinski definition) is 1. The quantitative estimate of drug-likeness (QED) is 0.187. The first-order valence-electron chi connectivity index (χ1n) is 13.7. The Balaban J connectivity index is 2.06. The van der Waals surface area contributed by atoms with Gasteiger partial charge in [-0.3, -0.25) is 0 Å². The van der Waals surface area contributed by atoms with Crippen LogP contribution in [0.3, 0.4) is 0 Å². The third-order valence-electron chi connectivity index (χ3n) is 6.91. The summed E-state index contributed by atoms with van der Waals surface area (Å²) in [6, 6.07) is 0.223. The molecule has 0 aromatic rings. The zero-order valence-corrected chi connectivity index (χ0v) is 20.7. The number of hydrogen-bond acceptors (Lipinski definition) is 2. The van der Waals surface area contributed by atoms with Gasteiger partial charge in [0, 0.05) is 0 Å². The van der Waals surface area contributed by atoms with Crippen molar-refractivity contribution in [3.63, 3.8) is 0 Å². The van der Waals surface area contributed by atoms with Gasteiger partial charge in [-0.2, -0.15) is 0 Å². The van der Waals surface area contributed by atoms with Gasteiger partial charge in [-0.05, 0) is 25.2 Å². The lowest BCUT2D eigenvalue weighted by molar-refractivity contribution is 0.114. The molecule has 1 fully saturated rings. The molecule has 3 heteroatoms. The fourth-order valence-electron chi connectivity index (χ4n) is 4.83. The molecule has 1 saturated heterocycles. The molecule has 0 saturated carbocycles. The molecular weight excluding hydrogens is 370 g/mol. The van der Waals surface area contributed by atoms with Crippen LogP contribution in [0.4, 0.5) is 4.79 Å². The molecule has 1 aliphatic heterocycles. The SMILES string of the molecule is CCCCCCCCCCCCC1OC(=O)NC1C(C)CCCCCCCCCC. The number of carbonyl (C=O) groups is 1. The predicted octanol–water partition coefficient (Wildman–Crippen LogP) is 8.94. The third kappa shape index (κ3) is 13.5. The van der Waals surface area contributed by atoms with Gasteiger partial charge < -0.3 is 10.1 Å². The Morgan fingerprint density at radius 3 is 1.63 bits per heavy atom. The molecule has 1 rings (SSSR count). The monoisotopic (exact) mass is 423 g/mol. The maximum atomic E-state index is 11.8. The molecule has 0 aliphatic carbocycles. The normalized spacial score (nSPS) is 19.6. The van der Waals surface area contributed by atoms with E-state index in [2.05, 4.69) is 26.1 Å². The third-order valence-corrected chi connectivity index (χ3v) is 6.91. The van der Waals surface area contributed by atoms with Gasteiger partial charge >= 0.3 is 6.09 Å². The van der Waals surface area contributed by atoms with Crippen LogP contribution in [0.2, 0.25) is 0 Å². The number of cyclic esters (lactones) is 1. The van der Waals surface area contributed by atoms with Crippen LogP contribution in [0.1, 0.15) is 149 Å². The maximum Gasteiger partial charge on any atom is 0.407 e. The lowest BCUT2D eigenvalue weighted by Crippen LogP contribution is -2.37. The fraction of sp³-hybridized carbons (Fsp3) is 0.963. The summed E-state index contributed by atoms with van der Waals surface area (Å²) in [7, 11) is 0. The molecule has 178 valence electrons. The van der Waals surface area contributed by atoms with E-state index in [4.69, 9.17) is 4.74 Å². The van der Waals surface area contributed by atoms with Gasteiger partial charge in [0.1, 0.15) is 6.10 Å². The van der Waals surface area contributed by atoms with E-state index in [1.54, 1.807) is 0 Å². The number of nitrogens with one attached hydrogen (secondary N) is 1. The van der Waals surface area contributed by atoms with Crippen molar-refractivity contribution in [3.8, 4) is 0 Å². The van der Waals surface area contributed by atoms with E-state index in [0.29, 0.717) is 5.92 Å². The topological polar surface area (TPSA) is 38.3 Å². The van der Waals surface area contributed by atoms with Crippen LogP contribution in [0, 0.1) is 5.92 Å². The van der Waals surface area contributed by atoms with E-state index in [1.807, 2.05) is 0 Å². The summed E-state index contributed by atoms with van der Waals surface area (Å²) in [5.74, 6) is 0.518. The van der Waals surface area contributed by atoms with Gasteiger partial charge in [0.05, 0.1) is 6.04 Å². The van der Waals surface area contributed by atoms with E-state index in [9.17, 15) is 4.79 Å². The molecule has 3 atom stereocenters. The minimum Gasteiger partial charge on any atom is -0.444 e. The largest absolute Gasteiger partial charge is 0.444 e. The Kier molecular flexibility index (Phi) is 17.3. The van der Waals surface area contributed by atoms with Crippen molar-refractivity contribution >= 4 is 6.09 Å². The summed E-state index contributed by atoms with van der Waals surface area (Å²) in [5, 5.41) is 3.10. The second-order valence-corrected chi connectivity index (χ2v) is 9.83. The maximum absolute atomic E-state index is 11.8. The Morgan fingerprint density at radius 2 is 1.13 bits per heavy atom. The van der Waals surface area contributed by atoms with Gasteiger partial charge in [0.25, 0.3) is 0 Å². The minimum atomic E-state index is -0.195. The Morgan fingerprint density at radius 1 is 0.700 bits per heavy atom. The van der Waals surface area contributed by atoms with Crippen LogP contribution < -0.4 is 5.32 Å². The first-order chi connectivity index (χ1) is 14.7. The molecule has 1 aliphatic rings. The summed E-state index contributed by atoms with van der Waals surface area (Å²) < 4.78 is 5.61. The van der Waals surface area contributed by atoms with Crippen molar-refractivity contribution in [2.75, 3.05) is 0 Å². The van der Waals surface area contributed by atoms with E-state index < -0.39 is 0 Å². The number of alkyl carbamates (subject to hydrolysis) is 1. The molecule has 30 heavy (non-hydrogen) atoms. The zero-order valence-electron chi connectivity index (χ0n) is 20.7. The summed E-state index contributed by atoms with van der Waals surface area (Å²) in [5.41, 5.74) is 0. The van der Waals surface area contributed by atoms with E-state index in [1.165, 1.54) is 122 Å². The van der Waals surface area contributed by atoms with Crippen molar-refractivity contribution in [1.82, 2.24) is 5.32 Å². The van der Waals surface area contributed by atoms with Gasteiger partial charge in [-0.15, -0.1) is 0 Å². The molecule has 1 N–H and O–H groups in total. The first-order valence-corrected chi connectivity index (χ1v) is 13.7. The lowest BCUT2D eigenvalue weighted by Gasteiger charge is -2.23. The minimum absolute atomic E-state index is 0.0931. The second-order valence-electron chi connectivity index (χ2n) is 9.83. The molecular formula is C27H53NO2. The van der Waals surface area contributed by atoms with E-state index >= 15 is 0 Å². The summed E-state index contributed by atoms with van der Waals surface area (Å²) in [6.45, 7) is 6.85. The van der Waals surface area contributed by atoms with Crippen LogP contribution in [0.25, 0.3) is 0 Å². The summed E-state index contributed by atoms with van der Waals surface area (Å²) >= 11 is 0. The van der Waals surface area contributed by atoms with E-state index in [0.717, 1.165) is 6.42 Å². The highest BCUT2D eigenvalue weighted by Gasteiger charge is 2.36. The Hall–Kier alpha value is -0.730. The molecule has 0 aromatic heterocycles. The van der Waals surface area contributed by atoms with Crippen LogP contribution in [-0.2, 0) is 4.74 Å². The van der Waals surface area contributed by atoms with Crippen LogP contribution >= 0.6 is 0 Å². The van der Waals surface area contributed by atoms with Crippen LogP contribution in [-0.4, -0.2) is 18.2 Å². The molecule has 0 aromatic carbocycles. The highest BCUT2D eigenvalue weighted by molar-refractivity contribution is 5.70. The number of rotatable bonds is 21. The number of ether oxygens (including phenoxy) is 1. The van der Waals surface area contributed by atoms with Gasteiger partial charge in [0.2, 0.25) is 0 Å². The van der Waals surface area contributed by atoms with Gasteiger partial charge in [-0.1, -0.05) is 130 Å². The van der Waals surface area contributed by atoms with E-state index in [-0.39, 0.29) is 18.2 Å². The summed E-state index contributed by atoms with van der Waals surface area (Å²) in [6.07, 6.45) is 26.5. The van der Waals surface area contributed by atoms with Crippen molar-refractivity contribution in [1.29, 1.82) is 0 Å². The molecule has 0 bridgehead atoms. The van der Waals surface area contributed by atoms with Crippen molar-refractivity contribution in [2.24, 2.45) is 5.92 Å². The second kappa shape index (κ2) is 19.0. The standard InChI is InChI=1S/C27H53NO2/c1-4-6-8-10-12-14-15-17-19-21-23-25-26(28-27(29)30-25)24(3)22-20-18-16-13-11-9-7-5-2/h24-26H,4-23H2,1-3H3,(H,28,29). The van der Waals surface area contributed by atoms with Crippen LogP contribution in [0.5, 0.6) is 0 Å². The fourth-order valence-corrected chi connectivity index (χ4v) is 4.83. The molecule has 3 unspecified atom stereocenters. The van der Waals surface area contributed by atoms with Crippen molar-refractivity contribution in [3.05, 3.63) is 0 Å². The number of amides is 1. The van der Waals surface area contributed by atoms with Gasteiger partial charge in [0.15, 0.2) is 0 Å². The average Bonchev–Trinajstić information content (AvgIpc) is 3.11. The van der Waals surface area contributed by atoms with Crippen molar-refractivity contribution < 1.29 is 9.53 Å². The van der Waals surface area contributed by atoms with Crippen LogP contribution in [0.15, 0.2) is 0 Å². The highest BCUT2D eigenvalue weighted by atomic mass is 16.6.